The highest BCUT2D eigenvalue weighted by molar-refractivity contribution is 8.01. The number of nitrogens with one attached hydrogen (secondary N) is 1. The standard InChI is InChI=1S/C33H44FN7O3S/c1-33(2,3)12-16-40-30(43)26(45-31(40)23-7-5-8-24(34)28(23)39-19-17-37(4)18-20-39)21-27(42)38-14-10-22(11-15-38)41-25-9-6-13-35-29(25)36-32(41)44/h5-9,13,22,26,31H,10-12,14-21H2,1-4H3,(H,35,36,44). The number of imidazole rings is 1. The highest BCUT2D eigenvalue weighted by Crippen LogP contribution is 2.48. The van der Waals surface area contributed by atoms with Gasteiger partial charge in [-0.05, 0) is 49.9 Å². The van der Waals surface area contributed by atoms with E-state index in [0.29, 0.717) is 43.8 Å². The topological polar surface area (TPSA) is 97.8 Å². The molecule has 2 unspecified atom stereocenters. The second-order valence-electron chi connectivity index (χ2n) is 13.8. The minimum atomic E-state index is -0.536. The van der Waals surface area contributed by atoms with Gasteiger partial charge in [0.05, 0.1) is 16.5 Å². The number of hydrogen-bond acceptors (Lipinski definition) is 7. The summed E-state index contributed by atoms with van der Waals surface area (Å²) in [6, 6.07) is 8.86. The Kier molecular flexibility index (Phi) is 8.98. The molecule has 2 aromatic heterocycles. The van der Waals surface area contributed by atoms with Crippen LogP contribution in [0.2, 0.25) is 0 Å². The number of nitrogens with zero attached hydrogens (tertiary/aromatic N) is 6. The minimum Gasteiger partial charge on any atom is -0.366 e. The van der Waals surface area contributed by atoms with Gasteiger partial charge in [0.1, 0.15) is 11.2 Å². The van der Waals surface area contributed by atoms with E-state index in [-0.39, 0.29) is 46.6 Å². The molecule has 3 aliphatic heterocycles. The molecule has 3 aliphatic rings. The number of hydrogen-bond donors (Lipinski definition) is 1. The number of aromatic nitrogens is 3. The number of thioether (sulfide) groups is 1. The van der Waals surface area contributed by atoms with Crippen molar-refractivity contribution < 1.29 is 14.0 Å². The van der Waals surface area contributed by atoms with Gasteiger partial charge in [0, 0.05) is 70.0 Å². The number of amides is 2. The fourth-order valence-electron chi connectivity index (χ4n) is 6.72. The van der Waals surface area contributed by atoms with Crippen LogP contribution in [-0.4, -0.2) is 99.2 Å². The Morgan fingerprint density at radius 2 is 1.78 bits per heavy atom. The molecule has 1 aromatic carbocycles. The van der Waals surface area contributed by atoms with Crippen LogP contribution in [-0.2, 0) is 9.59 Å². The normalized spacial score (nSPS) is 22.2. The van der Waals surface area contributed by atoms with Crippen molar-refractivity contribution in [1.82, 2.24) is 29.2 Å². The van der Waals surface area contributed by atoms with Gasteiger partial charge in [-0.1, -0.05) is 32.9 Å². The second kappa shape index (κ2) is 12.8. The predicted molar refractivity (Wildman–Crippen MR) is 176 cm³/mol. The van der Waals surface area contributed by atoms with Gasteiger partial charge in [-0.3, -0.25) is 19.1 Å². The lowest BCUT2D eigenvalue weighted by atomic mass is 9.92. The highest BCUT2D eigenvalue weighted by Gasteiger charge is 2.44. The maximum atomic E-state index is 15.5. The molecule has 0 spiro atoms. The van der Waals surface area contributed by atoms with Crippen molar-refractivity contribution in [3.8, 4) is 0 Å². The van der Waals surface area contributed by atoms with Crippen molar-refractivity contribution in [2.75, 3.05) is 57.8 Å². The van der Waals surface area contributed by atoms with Crippen molar-refractivity contribution in [3.63, 3.8) is 0 Å². The maximum Gasteiger partial charge on any atom is 0.327 e. The number of halogens is 1. The number of H-pyrrole nitrogens is 1. The SMILES string of the molecule is CN1CCN(c2c(F)cccc2C2SC(CC(=O)N3CCC(n4c(=O)[nH]c5ncccc54)CC3)C(=O)N2CCC(C)(C)C)CC1. The molecule has 0 aliphatic carbocycles. The first kappa shape index (κ1) is 31.6. The summed E-state index contributed by atoms with van der Waals surface area (Å²) < 4.78 is 17.3. The van der Waals surface area contributed by atoms with E-state index >= 15 is 4.39 Å². The molecular weight excluding hydrogens is 593 g/mol. The molecule has 0 saturated carbocycles. The molecule has 0 radical (unpaired) electrons. The number of likely N-dealkylation sites (N-methyl/N-ethyl adjacent to an activating group) is 1. The zero-order chi connectivity index (χ0) is 31.9. The lowest BCUT2D eigenvalue weighted by Crippen LogP contribution is -2.45. The number of para-hydroxylation sites is 1. The minimum absolute atomic E-state index is 0.0127. The number of aromatic amines is 1. The lowest BCUT2D eigenvalue weighted by molar-refractivity contribution is -0.136. The van der Waals surface area contributed by atoms with Crippen LogP contribution in [0.1, 0.15) is 63.4 Å². The number of rotatable bonds is 7. The zero-order valence-electron chi connectivity index (χ0n) is 26.7. The molecule has 6 rings (SSSR count). The first-order valence-electron chi connectivity index (χ1n) is 16.0. The number of benzene rings is 1. The van der Waals surface area contributed by atoms with Gasteiger partial charge in [0.2, 0.25) is 11.8 Å². The molecule has 5 heterocycles. The Morgan fingerprint density at radius 3 is 2.49 bits per heavy atom. The van der Waals surface area contributed by atoms with Crippen LogP contribution in [0.4, 0.5) is 10.1 Å². The van der Waals surface area contributed by atoms with Crippen molar-refractivity contribution >= 4 is 40.4 Å². The summed E-state index contributed by atoms with van der Waals surface area (Å²) in [6.45, 7) is 11.2. The highest BCUT2D eigenvalue weighted by atomic mass is 32.2. The van der Waals surface area contributed by atoms with Crippen molar-refractivity contribution in [2.45, 2.75) is 63.1 Å². The summed E-state index contributed by atoms with van der Waals surface area (Å²) in [7, 11) is 2.07. The van der Waals surface area contributed by atoms with Gasteiger partial charge in [0.25, 0.3) is 0 Å². The summed E-state index contributed by atoms with van der Waals surface area (Å²) in [5, 5.41) is -0.901. The smallest absolute Gasteiger partial charge is 0.327 e. The van der Waals surface area contributed by atoms with Crippen LogP contribution in [0.5, 0.6) is 0 Å². The number of piperazine rings is 1. The molecule has 242 valence electrons. The van der Waals surface area contributed by atoms with Crippen LogP contribution >= 0.6 is 11.8 Å². The Hall–Kier alpha value is -3.38. The van der Waals surface area contributed by atoms with Crippen molar-refractivity contribution in [1.29, 1.82) is 0 Å². The van der Waals surface area contributed by atoms with Gasteiger partial charge in [-0.25, -0.2) is 14.2 Å². The van der Waals surface area contributed by atoms with E-state index in [4.69, 9.17) is 0 Å². The molecule has 3 aromatic rings. The largest absolute Gasteiger partial charge is 0.366 e. The Labute approximate surface area is 267 Å². The van der Waals surface area contributed by atoms with E-state index in [1.807, 2.05) is 28.0 Å². The van der Waals surface area contributed by atoms with E-state index in [9.17, 15) is 14.4 Å². The number of pyridine rings is 1. The van der Waals surface area contributed by atoms with E-state index in [1.165, 1.54) is 17.8 Å². The van der Waals surface area contributed by atoms with E-state index in [0.717, 1.165) is 43.7 Å². The van der Waals surface area contributed by atoms with Crippen LogP contribution in [0, 0.1) is 11.2 Å². The third-order valence-electron chi connectivity index (χ3n) is 9.37. The molecular formula is C33H44FN7O3S. The predicted octanol–water partition coefficient (Wildman–Crippen LogP) is 4.25. The molecule has 3 fully saturated rings. The number of anilines is 1. The van der Waals surface area contributed by atoms with Gasteiger partial charge in [-0.2, -0.15) is 0 Å². The van der Waals surface area contributed by atoms with Crippen LogP contribution in [0.3, 0.4) is 0 Å². The maximum absolute atomic E-state index is 15.5. The monoisotopic (exact) mass is 637 g/mol. The molecule has 12 heteroatoms. The van der Waals surface area contributed by atoms with Crippen molar-refractivity contribution in [3.05, 3.63) is 58.4 Å². The average Bonchev–Trinajstić information content (AvgIpc) is 3.51. The number of fused-ring (bicyclic) bond motifs is 1. The Bertz CT molecular complexity index is 1600. The molecule has 2 amide bonds. The number of likely N-dealkylation sites (tertiary alicyclic amines) is 1. The average molecular weight is 638 g/mol. The first-order valence-corrected chi connectivity index (χ1v) is 17.0. The van der Waals surface area contributed by atoms with Gasteiger partial charge in [-0.15, -0.1) is 11.8 Å². The fraction of sp³-hybridized carbons (Fsp3) is 0.576. The first-order chi connectivity index (χ1) is 21.5. The zero-order valence-corrected chi connectivity index (χ0v) is 27.5. The second-order valence-corrected chi connectivity index (χ2v) is 15.1. The number of carbonyl (C=O) groups excluding carboxylic acids is 2. The Morgan fingerprint density at radius 1 is 1.04 bits per heavy atom. The molecule has 10 nitrogen and oxygen atoms in total. The summed E-state index contributed by atoms with van der Waals surface area (Å²) >= 11 is 1.48. The Balaban J connectivity index is 1.18. The molecule has 2 atom stereocenters. The summed E-state index contributed by atoms with van der Waals surface area (Å²) in [6.07, 6.45) is 3.86. The van der Waals surface area contributed by atoms with Crippen molar-refractivity contribution in [2.24, 2.45) is 5.41 Å². The quantitative estimate of drug-likeness (QED) is 0.414. The van der Waals surface area contributed by atoms with Gasteiger partial charge in [0.15, 0.2) is 5.65 Å². The lowest BCUT2D eigenvalue weighted by Gasteiger charge is -2.37. The molecule has 1 N–H and O–H groups in total. The third kappa shape index (κ3) is 6.63. The third-order valence-corrected chi connectivity index (χ3v) is 10.8. The van der Waals surface area contributed by atoms with Crippen LogP contribution in [0.15, 0.2) is 41.3 Å². The van der Waals surface area contributed by atoms with Crippen LogP contribution in [0.25, 0.3) is 11.2 Å². The van der Waals surface area contributed by atoms with Crippen LogP contribution < -0.4 is 10.6 Å². The summed E-state index contributed by atoms with van der Waals surface area (Å²) in [5.74, 6) is -0.375. The van der Waals surface area contributed by atoms with E-state index in [1.54, 1.807) is 16.8 Å². The van der Waals surface area contributed by atoms with E-state index < -0.39 is 5.25 Å². The fourth-order valence-corrected chi connectivity index (χ4v) is 8.22. The van der Waals surface area contributed by atoms with Gasteiger partial charge >= 0.3 is 5.69 Å². The molecule has 3 saturated heterocycles. The molecule has 0 bridgehead atoms. The van der Waals surface area contributed by atoms with Gasteiger partial charge < -0.3 is 19.6 Å². The number of piperidine rings is 1. The molecule has 45 heavy (non-hydrogen) atoms. The van der Waals surface area contributed by atoms with E-state index in [2.05, 4.69) is 47.6 Å². The summed E-state index contributed by atoms with van der Waals surface area (Å²) in [4.78, 5) is 55.4. The number of carbonyl (C=O) groups is 2. The summed E-state index contributed by atoms with van der Waals surface area (Å²) in [5.41, 5.74) is 2.55.